The molecule has 3 rings (SSSR count). The van der Waals surface area contributed by atoms with E-state index in [1.165, 1.54) is 24.3 Å². The SMILES string of the molecule is Cc1cc2occ(CC(=O)Nc3ccc(F)cc3)c2c(C)c1Cl. The molecule has 0 fully saturated rings. The molecule has 0 aliphatic carbocycles. The monoisotopic (exact) mass is 331 g/mol. The number of fused-ring (bicyclic) bond motifs is 1. The third-order valence-corrected chi connectivity index (χ3v) is 4.35. The first-order valence-corrected chi connectivity index (χ1v) is 7.54. The van der Waals surface area contributed by atoms with E-state index in [-0.39, 0.29) is 18.1 Å². The highest BCUT2D eigenvalue weighted by atomic mass is 35.5. The molecule has 118 valence electrons. The van der Waals surface area contributed by atoms with Crippen molar-refractivity contribution in [2.75, 3.05) is 5.32 Å². The summed E-state index contributed by atoms with van der Waals surface area (Å²) in [5, 5.41) is 4.29. The molecule has 23 heavy (non-hydrogen) atoms. The summed E-state index contributed by atoms with van der Waals surface area (Å²) in [5.74, 6) is -0.542. The molecule has 0 saturated carbocycles. The van der Waals surface area contributed by atoms with Gasteiger partial charge in [-0.05, 0) is 55.3 Å². The highest BCUT2D eigenvalue weighted by molar-refractivity contribution is 6.33. The van der Waals surface area contributed by atoms with Crippen molar-refractivity contribution in [1.82, 2.24) is 0 Å². The fourth-order valence-electron chi connectivity index (χ4n) is 2.65. The minimum atomic E-state index is -0.343. The maximum absolute atomic E-state index is 12.9. The normalized spacial score (nSPS) is 11.0. The van der Waals surface area contributed by atoms with E-state index in [9.17, 15) is 9.18 Å². The number of nitrogens with one attached hydrogen (secondary N) is 1. The number of anilines is 1. The summed E-state index contributed by atoms with van der Waals surface area (Å²) in [4.78, 5) is 12.2. The van der Waals surface area contributed by atoms with Crippen molar-refractivity contribution in [2.24, 2.45) is 0 Å². The molecule has 1 N–H and O–H groups in total. The number of benzene rings is 2. The first kappa shape index (κ1) is 15.6. The molecule has 5 heteroatoms. The fraction of sp³-hybridized carbons (Fsp3) is 0.167. The summed E-state index contributed by atoms with van der Waals surface area (Å²) in [7, 11) is 0. The van der Waals surface area contributed by atoms with Crippen LogP contribution in [0.2, 0.25) is 5.02 Å². The Morgan fingerprint density at radius 2 is 1.96 bits per heavy atom. The van der Waals surface area contributed by atoms with Gasteiger partial charge >= 0.3 is 0 Å². The molecular weight excluding hydrogens is 317 g/mol. The number of amides is 1. The molecule has 0 bridgehead atoms. The van der Waals surface area contributed by atoms with Gasteiger partial charge in [-0.15, -0.1) is 0 Å². The smallest absolute Gasteiger partial charge is 0.228 e. The summed E-state index contributed by atoms with van der Waals surface area (Å²) in [6, 6.07) is 7.51. The number of carbonyl (C=O) groups is 1. The van der Waals surface area contributed by atoms with Crippen LogP contribution in [0.1, 0.15) is 16.7 Å². The molecule has 1 heterocycles. The van der Waals surface area contributed by atoms with Crippen LogP contribution in [0.3, 0.4) is 0 Å². The molecule has 1 aromatic heterocycles. The third kappa shape index (κ3) is 3.08. The van der Waals surface area contributed by atoms with E-state index in [0.717, 1.165) is 22.1 Å². The summed E-state index contributed by atoms with van der Waals surface area (Å²) in [6.07, 6.45) is 1.74. The summed E-state index contributed by atoms with van der Waals surface area (Å²) < 4.78 is 18.4. The van der Waals surface area contributed by atoms with Crippen LogP contribution in [-0.2, 0) is 11.2 Å². The second kappa shape index (κ2) is 6.05. The van der Waals surface area contributed by atoms with Gasteiger partial charge in [0.2, 0.25) is 5.91 Å². The Kier molecular flexibility index (Phi) is 4.09. The fourth-order valence-corrected chi connectivity index (χ4v) is 2.80. The largest absolute Gasteiger partial charge is 0.464 e. The predicted octanol–water partition coefficient (Wildman–Crippen LogP) is 5.02. The zero-order chi connectivity index (χ0) is 16.6. The molecular formula is C18H15ClFNO2. The lowest BCUT2D eigenvalue weighted by Gasteiger charge is -2.07. The molecule has 0 spiro atoms. The van der Waals surface area contributed by atoms with Gasteiger partial charge in [-0.1, -0.05) is 11.6 Å². The van der Waals surface area contributed by atoms with E-state index in [0.29, 0.717) is 16.3 Å². The summed E-state index contributed by atoms with van der Waals surface area (Å²) >= 11 is 6.29. The Labute approximate surface area is 138 Å². The predicted molar refractivity (Wildman–Crippen MR) is 89.4 cm³/mol. The van der Waals surface area contributed by atoms with Crippen molar-refractivity contribution in [2.45, 2.75) is 20.3 Å². The number of hydrogen-bond donors (Lipinski definition) is 1. The number of carbonyl (C=O) groups excluding carboxylic acids is 1. The van der Waals surface area contributed by atoms with Gasteiger partial charge in [-0.2, -0.15) is 0 Å². The van der Waals surface area contributed by atoms with E-state index in [1.807, 2.05) is 19.9 Å². The Morgan fingerprint density at radius 1 is 1.26 bits per heavy atom. The van der Waals surface area contributed by atoms with Crippen LogP contribution < -0.4 is 5.32 Å². The van der Waals surface area contributed by atoms with E-state index < -0.39 is 0 Å². The van der Waals surface area contributed by atoms with Gasteiger partial charge in [0.05, 0.1) is 12.7 Å². The Morgan fingerprint density at radius 3 is 2.65 bits per heavy atom. The second-order valence-electron chi connectivity index (χ2n) is 5.50. The van der Waals surface area contributed by atoms with Crippen molar-refractivity contribution in [3.8, 4) is 0 Å². The lowest BCUT2D eigenvalue weighted by atomic mass is 10.0. The van der Waals surface area contributed by atoms with Gasteiger partial charge < -0.3 is 9.73 Å². The molecule has 0 saturated heterocycles. The number of rotatable bonds is 3. The maximum atomic E-state index is 12.9. The van der Waals surface area contributed by atoms with Crippen LogP contribution in [0.25, 0.3) is 11.0 Å². The summed E-state index contributed by atoms with van der Waals surface area (Å²) in [5.41, 5.74) is 3.89. The van der Waals surface area contributed by atoms with Crippen LogP contribution >= 0.6 is 11.6 Å². The Balaban J connectivity index is 1.85. The van der Waals surface area contributed by atoms with Crippen molar-refractivity contribution < 1.29 is 13.6 Å². The first-order chi connectivity index (χ1) is 11.0. The molecule has 2 aromatic carbocycles. The molecule has 0 aliphatic heterocycles. The van der Waals surface area contributed by atoms with Crippen LogP contribution in [-0.4, -0.2) is 5.91 Å². The molecule has 0 atom stereocenters. The van der Waals surface area contributed by atoms with Crippen molar-refractivity contribution >= 4 is 34.2 Å². The van der Waals surface area contributed by atoms with Crippen LogP contribution in [0.15, 0.2) is 41.0 Å². The average molecular weight is 332 g/mol. The zero-order valence-electron chi connectivity index (χ0n) is 12.7. The average Bonchev–Trinajstić information content (AvgIpc) is 2.90. The van der Waals surface area contributed by atoms with Gasteiger partial charge in [0.15, 0.2) is 0 Å². The van der Waals surface area contributed by atoms with Crippen molar-refractivity contribution in [1.29, 1.82) is 0 Å². The molecule has 0 aliphatic rings. The minimum Gasteiger partial charge on any atom is -0.464 e. The van der Waals surface area contributed by atoms with E-state index >= 15 is 0 Å². The van der Waals surface area contributed by atoms with Crippen LogP contribution in [0.5, 0.6) is 0 Å². The second-order valence-corrected chi connectivity index (χ2v) is 5.88. The minimum absolute atomic E-state index is 0.157. The number of hydrogen-bond acceptors (Lipinski definition) is 2. The molecule has 3 aromatic rings. The van der Waals surface area contributed by atoms with Crippen LogP contribution in [0, 0.1) is 19.7 Å². The first-order valence-electron chi connectivity index (χ1n) is 7.17. The van der Waals surface area contributed by atoms with E-state index in [4.69, 9.17) is 16.0 Å². The van der Waals surface area contributed by atoms with Gasteiger partial charge in [-0.3, -0.25) is 4.79 Å². The lowest BCUT2D eigenvalue weighted by Crippen LogP contribution is -2.14. The van der Waals surface area contributed by atoms with Gasteiger partial charge in [-0.25, -0.2) is 4.39 Å². The molecule has 0 unspecified atom stereocenters. The maximum Gasteiger partial charge on any atom is 0.228 e. The van der Waals surface area contributed by atoms with Gasteiger partial charge in [0.25, 0.3) is 0 Å². The lowest BCUT2D eigenvalue weighted by molar-refractivity contribution is -0.115. The number of furan rings is 1. The quantitative estimate of drug-likeness (QED) is 0.732. The molecule has 1 amide bonds. The molecule has 3 nitrogen and oxygen atoms in total. The summed E-state index contributed by atoms with van der Waals surface area (Å²) in [6.45, 7) is 3.83. The highest BCUT2D eigenvalue weighted by Crippen LogP contribution is 2.32. The Hall–Kier alpha value is -2.33. The number of halogens is 2. The van der Waals surface area contributed by atoms with Gasteiger partial charge in [0.1, 0.15) is 11.4 Å². The number of aryl methyl sites for hydroxylation is 2. The van der Waals surface area contributed by atoms with Gasteiger partial charge in [0, 0.05) is 21.7 Å². The standard InChI is InChI=1S/C18H15ClFNO2/c1-10-7-15-17(11(2)18(10)19)12(9-23-15)8-16(22)21-14-5-3-13(20)4-6-14/h3-7,9H,8H2,1-2H3,(H,21,22). The van der Waals surface area contributed by atoms with E-state index in [2.05, 4.69) is 5.32 Å². The van der Waals surface area contributed by atoms with Crippen molar-refractivity contribution in [3.05, 3.63) is 64.1 Å². The highest BCUT2D eigenvalue weighted by Gasteiger charge is 2.15. The van der Waals surface area contributed by atoms with Crippen molar-refractivity contribution in [3.63, 3.8) is 0 Å². The Bertz CT molecular complexity index is 884. The van der Waals surface area contributed by atoms with Crippen LogP contribution in [0.4, 0.5) is 10.1 Å². The molecule has 0 radical (unpaired) electrons. The van der Waals surface area contributed by atoms with E-state index in [1.54, 1.807) is 6.26 Å². The third-order valence-electron chi connectivity index (χ3n) is 3.77. The zero-order valence-corrected chi connectivity index (χ0v) is 13.5. The topological polar surface area (TPSA) is 42.2 Å².